The summed E-state index contributed by atoms with van der Waals surface area (Å²) in [5.41, 5.74) is 0.428. The molecule has 0 aliphatic heterocycles. The maximum atomic E-state index is 10.3. The van der Waals surface area contributed by atoms with Gasteiger partial charge in [-0.3, -0.25) is 9.35 Å². The van der Waals surface area contributed by atoms with Crippen molar-refractivity contribution in [3.8, 4) is 0 Å². The molecular formula is C13H14O7S. The normalized spacial score (nSPS) is 10.5. The molecule has 3 N–H and O–H groups in total. The van der Waals surface area contributed by atoms with E-state index in [-0.39, 0.29) is 5.57 Å². The Bertz CT molecular complexity index is 630. The molecule has 0 atom stereocenters. The highest BCUT2D eigenvalue weighted by molar-refractivity contribution is 7.88. The van der Waals surface area contributed by atoms with Gasteiger partial charge in [-0.15, -0.1) is 0 Å². The quantitative estimate of drug-likeness (QED) is 0.556. The van der Waals surface area contributed by atoms with Crippen molar-refractivity contribution < 1.29 is 32.8 Å². The van der Waals surface area contributed by atoms with Gasteiger partial charge in [-0.2, -0.15) is 8.42 Å². The van der Waals surface area contributed by atoms with Crippen molar-refractivity contribution in [2.75, 3.05) is 0 Å². The third-order valence-electron chi connectivity index (χ3n) is 1.90. The van der Waals surface area contributed by atoms with Crippen molar-refractivity contribution in [1.29, 1.82) is 0 Å². The Hall–Kier alpha value is -2.45. The maximum Gasteiger partial charge on any atom is 0.331 e. The van der Waals surface area contributed by atoms with Crippen molar-refractivity contribution in [1.82, 2.24) is 0 Å². The summed E-state index contributed by atoms with van der Waals surface area (Å²) in [6.45, 7) is 3.01. The zero-order valence-corrected chi connectivity index (χ0v) is 11.7. The molecule has 7 nitrogen and oxygen atoms in total. The van der Waals surface area contributed by atoms with Crippen LogP contribution in [0.1, 0.15) is 12.0 Å². The average molecular weight is 314 g/mol. The van der Waals surface area contributed by atoms with Gasteiger partial charge in [0.15, 0.2) is 0 Å². The molecule has 1 rings (SSSR count). The highest BCUT2D eigenvalue weighted by Gasteiger charge is 2.07. The summed E-state index contributed by atoms with van der Waals surface area (Å²) in [6.07, 6.45) is 0.824. The maximum absolute atomic E-state index is 10.3. The van der Waals surface area contributed by atoms with Crippen LogP contribution in [0.5, 0.6) is 0 Å². The fraction of sp³-hybridized carbons (Fsp3) is 0.0769. The minimum atomic E-state index is -4.00. The molecule has 0 aliphatic rings. The van der Waals surface area contributed by atoms with Crippen LogP contribution in [-0.4, -0.2) is 35.1 Å². The predicted octanol–water partition coefficient (Wildman–Crippen LogP) is 1.65. The van der Waals surface area contributed by atoms with E-state index in [1.54, 1.807) is 24.3 Å². The largest absolute Gasteiger partial charge is 0.481 e. The smallest absolute Gasteiger partial charge is 0.331 e. The molecule has 0 spiro atoms. The first-order valence-corrected chi connectivity index (χ1v) is 6.95. The van der Waals surface area contributed by atoms with Gasteiger partial charge >= 0.3 is 11.9 Å². The molecule has 0 aromatic heterocycles. The van der Waals surface area contributed by atoms with E-state index in [2.05, 4.69) is 6.58 Å². The minimum Gasteiger partial charge on any atom is -0.481 e. The molecule has 0 heterocycles. The Kier molecular flexibility index (Phi) is 7.66. The van der Waals surface area contributed by atoms with E-state index in [1.807, 2.05) is 6.07 Å². The Balaban J connectivity index is 0.000000400. The number of carboxylic acids is 2. The fourth-order valence-corrected chi connectivity index (χ4v) is 1.32. The highest BCUT2D eigenvalue weighted by atomic mass is 32.2. The van der Waals surface area contributed by atoms with Gasteiger partial charge in [0.05, 0.1) is 11.8 Å². The molecule has 0 unspecified atom stereocenters. The molecule has 0 fully saturated rings. The number of aliphatic carboxylic acids is 2. The van der Waals surface area contributed by atoms with Crippen LogP contribution in [-0.2, 0) is 19.7 Å². The topological polar surface area (TPSA) is 129 Å². The fourth-order valence-electron chi connectivity index (χ4n) is 0.987. The third kappa shape index (κ3) is 11.1. The van der Waals surface area contributed by atoms with E-state index in [4.69, 9.17) is 14.8 Å². The monoisotopic (exact) mass is 314 g/mol. The van der Waals surface area contributed by atoms with Crippen molar-refractivity contribution in [2.45, 2.75) is 6.42 Å². The standard InChI is InChI=1S/C8H8O3S.C5H6O4/c9-12(10,11)7-6-8-4-2-1-3-5-8;1-3(5(8)9)2-4(6)7/h1-7H,(H,9,10,11);1-2H2,(H,6,7)(H,8,9). The molecule has 0 radical (unpaired) electrons. The first-order chi connectivity index (χ1) is 9.61. The Morgan fingerprint density at radius 3 is 2.00 bits per heavy atom. The lowest BCUT2D eigenvalue weighted by molar-refractivity contribution is -0.139. The van der Waals surface area contributed by atoms with Gasteiger partial charge in [-0.25, -0.2) is 4.79 Å². The van der Waals surface area contributed by atoms with Crippen LogP contribution < -0.4 is 0 Å². The van der Waals surface area contributed by atoms with Gasteiger partial charge in [0.25, 0.3) is 10.1 Å². The molecule has 1 aromatic rings. The zero-order chi connectivity index (χ0) is 16.5. The van der Waals surface area contributed by atoms with E-state index in [9.17, 15) is 18.0 Å². The number of hydrogen-bond donors (Lipinski definition) is 3. The highest BCUT2D eigenvalue weighted by Crippen LogP contribution is 2.01. The van der Waals surface area contributed by atoms with E-state index in [1.165, 1.54) is 6.08 Å². The van der Waals surface area contributed by atoms with E-state index >= 15 is 0 Å². The predicted molar refractivity (Wildman–Crippen MR) is 76.1 cm³/mol. The van der Waals surface area contributed by atoms with Crippen LogP contribution in [0.15, 0.2) is 47.9 Å². The van der Waals surface area contributed by atoms with Gasteiger partial charge in [0, 0.05) is 5.57 Å². The lowest BCUT2D eigenvalue weighted by Gasteiger charge is -1.91. The lowest BCUT2D eigenvalue weighted by atomic mass is 10.2. The first kappa shape index (κ1) is 18.6. The van der Waals surface area contributed by atoms with Gasteiger partial charge < -0.3 is 10.2 Å². The van der Waals surface area contributed by atoms with E-state index < -0.39 is 28.5 Å². The summed E-state index contributed by atoms with van der Waals surface area (Å²) in [7, 11) is -4.00. The van der Waals surface area contributed by atoms with Gasteiger partial charge in [-0.1, -0.05) is 36.9 Å². The molecule has 8 heteroatoms. The summed E-state index contributed by atoms with van der Waals surface area (Å²) in [4.78, 5) is 19.7. The molecule has 0 saturated carbocycles. The van der Waals surface area contributed by atoms with E-state index in [0.717, 1.165) is 11.0 Å². The lowest BCUT2D eigenvalue weighted by Crippen LogP contribution is -2.04. The molecule has 0 saturated heterocycles. The van der Waals surface area contributed by atoms with Gasteiger partial charge in [0.2, 0.25) is 0 Å². The minimum absolute atomic E-state index is 0.303. The summed E-state index contributed by atoms with van der Waals surface area (Å²) < 4.78 is 28.9. The summed E-state index contributed by atoms with van der Waals surface area (Å²) in [5.74, 6) is -2.44. The zero-order valence-electron chi connectivity index (χ0n) is 10.8. The van der Waals surface area contributed by atoms with Gasteiger partial charge in [0.1, 0.15) is 0 Å². The molecular weight excluding hydrogens is 300 g/mol. The van der Waals surface area contributed by atoms with Crippen LogP contribution in [0.2, 0.25) is 0 Å². The summed E-state index contributed by atoms with van der Waals surface area (Å²) in [6, 6.07) is 8.86. The molecule has 1 aromatic carbocycles. The van der Waals surface area contributed by atoms with Crippen LogP contribution >= 0.6 is 0 Å². The Morgan fingerprint density at radius 2 is 1.67 bits per heavy atom. The van der Waals surface area contributed by atoms with Crippen LogP contribution in [0.4, 0.5) is 0 Å². The van der Waals surface area contributed by atoms with Crippen molar-refractivity contribution in [2.24, 2.45) is 0 Å². The Morgan fingerprint density at radius 1 is 1.14 bits per heavy atom. The number of carbonyl (C=O) groups is 2. The Labute approximate surface area is 121 Å². The number of benzene rings is 1. The number of rotatable bonds is 5. The third-order valence-corrected chi connectivity index (χ3v) is 2.38. The van der Waals surface area contributed by atoms with Crippen LogP contribution in [0.3, 0.4) is 0 Å². The molecule has 114 valence electrons. The van der Waals surface area contributed by atoms with Gasteiger partial charge in [-0.05, 0) is 11.6 Å². The summed E-state index contributed by atoms with van der Waals surface area (Å²) in [5, 5.41) is 16.8. The van der Waals surface area contributed by atoms with Crippen LogP contribution in [0, 0.1) is 0 Å². The van der Waals surface area contributed by atoms with E-state index in [0.29, 0.717) is 0 Å². The van der Waals surface area contributed by atoms with Crippen molar-refractivity contribution in [3.63, 3.8) is 0 Å². The SMILES string of the molecule is C=C(CC(=O)O)C(=O)O.O=S(=O)(O)C=Cc1ccccc1. The molecule has 21 heavy (non-hydrogen) atoms. The first-order valence-electron chi connectivity index (χ1n) is 5.45. The number of hydrogen-bond acceptors (Lipinski definition) is 4. The molecule has 0 aliphatic carbocycles. The number of carboxylic acid groups (broad SMARTS) is 2. The second-order valence-electron chi connectivity index (χ2n) is 3.71. The molecule has 0 amide bonds. The molecule has 0 bridgehead atoms. The van der Waals surface area contributed by atoms with Crippen molar-refractivity contribution in [3.05, 3.63) is 53.5 Å². The average Bonchev–Trinajstić information content (AvgIpc) is 2.37. The summed E-state index contributed by atoms with van der Waals surface area (Å²) >= 11 is 0. The van der Waals surface area contributed by atoms with Crippen LogP contribution in [0.25, 0.3) is 6.08 Å². The second-order valence-corrected chi connectivity index (χ2v) is 5.01. The van der Waals surface area contributed by atoms with Crippen molar-refractivity contribution >= 4 is 28.1 Å². The second kappa shape index (κ2) is 8.67.